The summed E-state index contributed by atoms with van der Waals surface area (Å²) in [5, 5.41) is 3.07. The van der Waals surface area contributed by atoms with Gasteiger partial charge in [0.15, 0.2) is 0 Å². The molecule has 2 amide bonds. The van der Waals surface area contributed by atoms with E-state index in [1.54, 1.807) is 25.9 Å². The van der Waals surface area contributed by atoms with Crippen LogP contribution in [0, 0.1) is 24.2 Å². The minimum Gasteiger partial charge on any atom is -0.347 e. The van der Waals surface area contributed by atoms with Crippen LogP contribution in [0.25, 0.3) is 0 Å². The van der Waals surface area contributed by atoms with Crippen LogP contribution >= 0.6 is 0 Å². The van der Waals surface area contributed by atoms with Crippen molar-refractivity contribution in [1.82, 2.24) is 10.2 Å². The molecule has 0 unspecified atom stereocenters. The minimum absolute atomic E-state index is 0.0404. The van der Waals surface area contributed by atoms with Gasteiger partial charge < -0.3 is 10.2 Å². The number of likely N-dealkylation sites (N-methyl/N-ethyl adjacent to an activating group) is 1. The highest BCUT2D eigenvalue weighted by atomic mass is 16.2. The second kappa shape index (κ2) is 6.35. The van der Waals surface area contributed by atoms with Gasteiger partial charge in [-0.1, -0.05) is 29.8 Å². The van der Waals surface area contributed by atoms with Crippen LogP contribution in [0.2, 0.25) is 0 Å². The summed E-state index contributed by atoms with van der Waals surface area (Å²) >= 11 is 0. The molecule has 1 aromatic rings. The Bertz CT molecular complexity index is 738. The number of nitrogens with zero attached hydrogens (tertiary/aromatic N) is 1. The molecule has 0 aliphatic heterocycles. The average molecular weight is 369 g/mol. The molecule has 0 heterocycles. The molecule has 4 aliphatic carbocycles. The van der Waals surface area contributed by atoms with Crippen molar-refractivity contribution < 1.29 is 9.59 Å². The maximum atomic E-state index is 13.4. The lowest BCUT2D eigenvalue weighted by atomic mass is 9.42. The molecule has 4 heteroatoms. The maximum absolute atomic E-state index is 13.4. The first-order valence-corrected chi connectivity index (χ1v) is 10.3. The van der Waals surface area contributed by atoms with Crippen LogP contribution in [0.4, 0.5) is 0 Å². The van der Waals surface area contributed by atoms with Crippen LogP contribution in [0.1, 0.15) is 56.6 Å². The third kappa shape index (κ3) is 3.07. The van der Waals surface area contributed by atoms with Crippen molar-refractivity contribution >= 4 is 11.8 Å². The Morgan fingerprint density at radius 1 is 1.07 bits per heavy atom. The standard InChI is InChI=1S/C23H32N2O2/c1-15-5-7-19(8-6-15)22-10-17-9-18(11-22)13-23(12-17,14-22)21(27)24-16(2)20(26)25(3)4/h5-8,16-18H,9-14H2,1-4H3,(H,24,27)/t16-,17-,18-,22?,23?/m1/s1. The SMILES string of the molecule is Cc1ccc(C23C[C@H]4C[C@@H](CC(C(=O)N[C@H](C)C(=O)N(C)C)(C4)C2)C3)cc1. The van der Waals surface area contributed by atoms with E-state index in [2.05, 4.69) is 36.5 Å². The molecule has 146 valence electrons. The van der Waals surface area contributed by atoms with E-state index in [-0.39, 0.29) is 22.6 Å². The summed E-state index contributed by atoms with van der Waals surface area (Å²) in [6.07, 6.45) is 6.62. The molecule has 5 rings (SSSR count). The van der Waals surface area contributed by atoms with Crippen molar-refractivity contribution in [3.05, 3.63) is 35.4 Å². The van der Waals surface area contributed by atoms with Gasteiger partial charge in [-0.3, -0.25) is 9.59 Å². The van der Waals surface area contributed by atoms with Gasteiger partial charge in [0.2, 0.25) is 11.8 Å². The number of nitrogens with one attached hydrogen (secondary N) is 1. The van der Waals surface area contributed by atoms with Gasteiger partial charge in [-0.15, -0.1) is 0 Å². The highest BCUT2D eigenvalue weighted by molar-refractivity contribution is 5.90. The molecular weight excluding hydrogens is 336 g/mol. The molecule has 3 atom stereocenters. The van der Waals surface area contributed by atoms with Crippen LogP contribution in [-0.4, -0.2) is 36.9 Å². The molecule has 0 saturated heterocycles. The molecule has 27 heavy (non-hydrogen) atoms. The molecule has 0 aromatic heterocycles. The van der Waals surface area contributed by atoms with Crippen molar-refractivity contribution in [3.8, 4) is 0 Å². The summed E-state index contributed by atoms with van der Waals surface area (Å²) in [6.45, 7) is 3.93. The van der Waals surface area contributed by atoms with Crippen molar-refractivity contribution in [2.75, 3.05) is 14.1 Å². The summed E-state index contributed by atoms with van der Waals surface area (Å²) < 4.78 is 0. The van der Waals surface area contributed by atoms with E-state index in [1.807, 2.05) is 0 Å². The summed E-state index contributed by atoms with van der Waals surface area (Å²) in [5.74, 6) is 1.34. The normalized spacial score (nSPS) is 35.0. The second-order valence-corrected chi connectivity index (χ2v) is 9.82. The van der Waals surface area contributed by atoms with Gasteiger partial charge in [0.1, 0.15) is 6.04 Å². The van der Waals surface area contributed by atoms with Crippen molar-refractivity contribution in [1.29, 1.82) is 0 Å². The number of carbonyl (C=O) groups is 2. The predicted molar refractivity (Wildman–Crippen MR) is 106 cm³/mol. The molecule has 4 bridgehead atoms. The molecule has 0 radical (unpaired) electrons. The highest BCUT2D eigenvalue weighted by Crippen LogP contribution is 2.65. The summed E-state index contributed by atoms with van der Waals surface area (Å²) in [5.41, 5.74) is 2.54. The third-order valence-electron chi connectivity index (χ3n) is 7.37. The summed E-state index contributed by atoms with van der Waals surface area (Å²) in [4.78, 5) is 27.2. The zero-order chi connectivity index (χ0) is 19.4. The first-order valence-electron chi connectivity index (χ1n) is 10.3. The lowest BCUT2D eigenvalue weighted by Crippen LogP contribution is -2.60. The smallest absolute Gasteiger partial charge is 0.244 e. The lowest BCUT2D eigenvalue weighted by Gasteiger charge is -2.61. The van der Waals surface area contributed by atoms with E-state index < -0.39 is 6.04 Å². The number of hydrogen-bond donors (Lipinski definition) is 1. The molecule has 4 fully saturated rings. The third-order valence-corrected chi connectivity index (χ3v) is 7.37. The van der Waals surface area contributed by atoms with Gasteiger partial charge in [-0.2, -0.15) is 0 Å². The molecule has 4 saturated carbocycles. The molecular formula is C23H32N2O2. The minimum atomic E-state index is -0.462. The van der Waals surface area contributed by atoms with Gasteiger partial charge in [-0.25, -0.2) is 0 Å². The monoisotopic (exact) mass is 368 g/mol. The highest BCUT2D eigenvalue weighted by Gasteiger charge is 2.61. The Morgan fingerprint density at radius 3 is 2.22 bits per heavy atom. The zero-order valence-electron chi connectivity index (χ0n) is 17.0. The zero-order valence-corrected chi connectivity index (χ0v) is 17.0. The van der Waals surface area contributed by atoms with Gasteiger partial charge in [0.05, 0.1) is 5.41 Å². The number of rotatable bonds is 4. The predicted octanol–water partition coefficient (Wildman–Crippen LogP) is 3.43. The second-order valence-electron chi connectivity index (χ2n) is 9.82. The fourth-order valence-corrected chi connectivity index (χ4v) is 6.57. The van der Waals surface area contributed by atoms with E-state index in [9.17, 15) is 9.59 Å². The quantitative estimate of drug-likeness (QED) is 0.885. The first-order chi connectivity index (χ1) is 12.7. The average Bonchev–Trinajstić information content (AvgIpc) is 2.60. The Labute approximate surface area is 162 Å². The van der Waals surface area contributed by atoms with E-state index in [0.29, 0.717) is 11.8 Å². The van der Waals surface area contributed by atoms with Crippen molar-refractivity contribution in [2.45, 2.75) is 63.8 Å². The van der Waals surface area contributed by atoms with Crippen LogP contribution in [0.5, 0.6) is 0 Å². The van der Waals surface area contributed by atoms with E-state index >= 15 is 0 Å². The lowest BCUT2D eigenvalue weighted by molar-refractivity contribution is -0.151. The number of carbonyl (C=O) groups excluding carboxylic acids is 2. The largest absolute Gasteiger partial charge is 0.347 e. The van der Waals surface area contributed by atoms with Crippen molar-refractivity contribution in [2.24, 2.45) is 17.3 Å². The van der Waals surface area contributed by atoms with Crippen LogP contribution in [0.3, 0.4) is 0 Å². The molecule has 1 N–H and O–H groups in total. The number of aryl methyl sites for hydroxylation is 1. The van der Waals surface area contributed by atoms with Gasteiger partial charge in [0.25, 0.3) is 0 Å². The van der Waals surface area contributed by atoms with E-state index in [0.717, 1.165) is 19.3 Å². The first kappa shape index (κ1) is 18.5. The maximum Gasteiger partial charge on any atom is 0.244 e. The molecule has 4 aliphatic rings. The van der Waals surface area contributed by atoms with Gasteiger partial charge in [-0.05, 0) is 75.2 Å². The van der Waals surface area contributed by atoms with Crippen LogP contribution < -0.4 is 5.32 Å². The summed E-state index contributed by atoms with van der Waals surface area (Å²) in [7, 11) is 3.48. The molecule has 1 aromatic carbocycles. The molecule has 4 nitrogen and oxygen atoms in total. The summed E-state index contributed by atoms with van der Waals surface area (Å²) in [6, 6.07) is 8.52. The Morgan fingerprint density at radius 2 is 1.67 bits per heavy atom. The van der Waals surface area contributed by atoms with E-state index in [4.69, 9.17) is 0 Å². The van der Waals surface area contributed by atoms with Gasteiger partial charge >= 0.3 is 0 Å². The fourth-order valence-electron chi connectivity index (χ4n) is 6.57. The Kier molecular flexibility index (Phi) is 4.36. The van der Waals surface area contributed by atoms with E-state index in [1.165, 1.54) is 30.4 Å². The van der Waals surface area contributed by atoms with Crippen molar-refractivity contribution in [3.63, 3.8) is 0 Å². The van der Waals surface area contributed by atoms with Crippen LogP contribution in [0.15, 0.2) is 24.3 Å². The van der Waals surface area contributed by atoms with Crippen LogP contribution in [-0.2, 0) is 15.0 Å². The Balaban J connectivity index is 1.61. The topological polar surface area (TPSA) is 49.4 Å². The number of amides is 2. The van der Waals surface area contributed by atoms with Gasteiger partial charge in [0, 0.05) is 14.1 Å². The number of benzene rings is 1. The molecule has 0 spiro atoms. The fraction of sp³-hybridized carbons (Fsp3) is 0.652. The number of hydrogen-bond acceptors (Lipinski definition) is 2. The Hall–Kier alpha value is -1.84.